The highest BCUT2D eigenvalue weighted by molar-refractivity contribution is 9.09. The summed E-state index contributed by atoms with van der Waals surface area (Å²) in [4.78, 5) is 0. The Morgan fingerprint density at radius 3 is 2.57 bits per heavy atom. The molecule has 0 aromatic carbocycles. The zero-order valence-electron chi connectivity index (χ0n) is 4.11. The predicted molar refractivity (Wildman–Crippen MR) is 39.9 cm³/mol. The fourth-order valence-electron chi connectivity index (χ4n) is 0.166. The third-order valence-electron chi connectivity index (χ3n) is 0.621. The summed E-state index contributed by atoms with van der Waals surface area (Å²) in [6, 6.07) is 0. The lowest BCUT2D eigenvalue weighted by molar-refractivity contribution is 1.01. The first-order valence-electron chi connectivity index (χ1n) is 1.92. The van der Waals surface area contributed by atoms with Crippen molar-refractivity contribution in [2.75, 3.05) is 12.4 Å². The van der Waals surface area contributed by atoms with E-state index in [4.69, 9.17) is 0 Å². The zero-order valence-corrected chi connectivity index (χ0v) is 6.59. The van der Waals surface area contributed by atoms with Gasteiger partial charge in [-0.2, -0.15) is 0 Å². The molecule has 0 radical (unpaired) electrons. The maximum absolute atomic E-state index is 3.92. The molecular formula is C4H8BrNS. The third kappa shape index (κ3) is 3.00. The minimum absolute atomic E-state index is 0.840. The fourth-order valence-corrected chi connectivity index (χ4v) is 1.08. The molecule has 0 rings (SSSR count). The molecule has 3 heteroatoms. The summed E-state index contributed by atoms with van der Waals surface area (Å²) in [5.41, 5.74) is 1.09. The van der Waals surface area contributed by atoms with E-state index >= 15 is 0 Å². The minimum Gasteiger partial charge on any atom is -0.390 e. The molecule has 1 nitrogen and oxygen atoms in total. The van der Waals surface area contributed by atoms with Crippen LogP contribution < -0.4 is 5.32 Å². The molecule has 0 aliphatic rings. The number of hydrogen-bond acceptors (Lipinski definition) is 2. The van der Waals surface area contributed by atoms with E-state index in [-0.39, 0.29) is 0 Å². The Labute approximate surface area is 57.7 Å². The van der Waals surface area contributed by atoms with Gasteiger partial charge in [0.2, 0.25) is 0 Å². The maximum Gasteiger partial charge on any atom is 0.0436 e. The monoisotopic (exact) mass is 181 g/mol. The second-order valence-corrected chi connectivity index (χ2v) is 1.86. The molecule has 0 saturated carbocycles. The van der Waals surface area contributed by atoms with Crippen LogP contribution in [0.15, 0.2) is 11.1 Å². The summed E-state index contributed by atoms with van der Waals surface area (Å²) in [5.74, 6) is 0. The lowest BCUT2D eigenvalue weighted by atomic mass is 10.6. The molecule has 1 N–H and O–H groups in total. The van der Waals surface area contributed by atoms with Crippen molar-refractivity contribution >= 4 is 28.6 Å². The van der Waals surface area contributed by atoms with E-state index in [0.29, 0.717) is 0 Å². The molecule has 0 saturated heterocycles. The van der Waals surface area contributed by atoms with Gasteiger partial charge in [-0.25, -0.2) is 0 Å². The maximum atomic E-state index is 3.92. The number of nitrogens with one attached hydrogen (secondary N) is 1. The Morgan fingerprint density at radius 1 is 2.00 bits per heavy atom. The van der Waals surface area contributed by atoms with E-state index in [9.17, 15) is 0 Å². The summed E-state index contributed by atoms with van der Waals surface area (Å²) in [5, 5.41) is 5.51. The number of alkyl halides is 1. The molecule has 0 fully saturated rings. The Balaban J connectivity index is 3.38. The van der Waals surface area contributed by atoms with Gasteiger partial charge in [-0.1, -0.05) is 15.9 Å². The number of thiol groups is 1. The van der Waals surface area contributed by atoms with Crippen LogP contribution in [0.4, 0.5) is 0 Å². The molecule has 0 heterocycles. The number of allylic oxidation sites excluding steroid dienone is 1. The number of halogens is 1. The van der Waals surface area contributed by atoms with Crippen molar-refractivity contribution in [1.82, 2.24) is 5.32 Å². The lowest BCUT2D eigenvalue weighted by Gasteiger charge is -1.96. The standard InChI is InChI=1S/C4H8BrNS/c1-6-4(2-5)3-7/h3,6-7H,2H2,1H3/b4-3-. The fraction of sp³-hybridized carbons (Fsp3) is 0.500. The number of rotatable bonds is 2. The summed E-state index contributed by atoms with van der Waals surface area (Å²) in [7, 11) is 1.86. The highest BCUT2D eigenvalue weighted by atomic mass is 79.9. The highest BCUT2D eigenvalue weighted by Crippen LogP contribution is 1.94. The van der Waals surface area contributed by atoms with Crippen molar-refractivity contribution in [3.63, 3.8) is 0 Å². The Bertz CT molecular complexity index is 66.1. The van der Waals surface area contributed by atoms with Crippen LogP contribution in [0.5, 0.6) is 0 Å². The summed E-state index contributed by atoms with van der Waals surface area (Å²) < 4.78 is 0. The van der Waals surface area contributed by atoms with E-state index in [1.165, 1.54) is 0 Å². The Kier molecular flexibility index (Phi) is 4.77. The van der Waals surface area contributed by atoms with Gasteiger partial charge in [-0.15, -0.1) is 12.6 Å². The predicted octanol–water partition coefficient (Wildman–Crippen LogP) is 1.37. The van der Waals surface area contributed by atoms with Crippen LogP contribution in [0.3, 0.4) is 0 Å². The quantitative estimate of drug-likeness (QED) is 0.485. The second kappa shape index (κ2) is 4.53. The number of hydrogen-bond donors (Lipinski definition) is 2. The lowest BCUT2D eigenvalue weighted by Crippen LogP contribution is -2.05. The second-order valence-electron chi connectivity index (χ2n) is 1.04. The molecule has 0 atom stereocenters. The van der Waals surface area contributed by atoms with Crippen LogP contribution in [0.25, 0.3) is 0 Å². The van der Waals surface area contributed by atoms with Gasteiger partial charge in [0, 0.05) is 18.1 Å². The molecule has 0 aliphatic carbocycles. The van der Waals surface area contributed by atoms with Crippen LogP contribution in [0.1, 0.15) is 0 Å². The summed E-state index contributed by atoms with van der Waals surface area (Å²) >= 11 is 7.18. The van der Waals surface area contributed by atoms with E-state index in [2.05, 4.69) is 33.9 Å². The average molecular weight is 182 g/mol. The summed E-state index contributed by atoms with van der Waals surface area (Å²) in [6.45, 7) is 0. The molecule has 42 valence electrons. The first-order chi connectivity index (χ1) is 3.35. The molecule has 0 aromatic heterocycles. The zero-order chi connectivity index (χ0) is 5.70. The molecule has 7 heavy (non-hydrogen) atoms. The molecule has 0 unspecified atom stereocenters. The van der Waals surface area contributed by atoms with Crippen molar-refractivity contribution in [3.8, 4) is 0 Å². The van der Waals surface area contributed by atoms with Crippen LogP contribution in [0.2, 0.25) is 0 Å². The van der Waals surface area contributed by atoms with E-state index in [1.807, 2.05) is 7.05 Å². The topological polar surface area (TPSA) is 12.0 Å². The van der Waals surface area contributed by atoms with Crippen molar-refractivity contribution in [1.29, 1.82) is 0 Å². The summed E-state index contributed by atoms with van der Waals surface area (Å²) in [6.07, 6.45) is 0. The van der Waals surface area contributed by atoms with Crippen molar-refractivity contribution in [3.05, 3.63) is 11.1 Å². The normalized spacial score (nSPS) is 11.6. The molecule has 0 spiro atoms. The Morgan fingerprint density at radius 2 is 2.57 bits per heavy atom. The van der Waals surface area contributed by atoms with Gasteiger partial charge in [0.15, 0.2) is 0 Å². The molecule has 0 bridgehead atoms. The van der Waals surface area contributed by atoms with Crippen molar-refractivity contribution < 1.29 is 0 Å². The van der Waals surface area contributed by atoms with Gasteiger partial charge >= 0.3 is 0 Å². The minimum atomic E-state index is 0.840. The smallest absolute Gasteiger partial charge is 0.0436 e. The van der Waals surface area contributed by atoms with Gasteiger partial charge in [0.1, 0.15) is 0 Å². The van der Waals surface area contributed by atoms with Crippen LogP contribution in [-0.2, 0) is 0 Å². The van der Waals surface area contributed by atoms with Gasteiger partial charge in [-0.3, -0.25) is 0 Å². The Hall–Kier alpha value is 0.370. The first kappa shape index (κ1) is 7.37. The van der Waals surface area contributed by atoms with Gasteiger partial charge in [0.05, 0.1) is 0 Å². The largest absolute Gasteiger partial charge is 0.390 e. The van der Waals surface area contributed by atoms with Crippen molar-refractivity contribution in [2.24, 2.45) is 0 Å². The average Bonchev–Trinajstić information content (AvgIpc) is 1.72. The van der Waals surface area contributed by atoms with Crippen LogP contribution in [0, 0.1) is 0 Å². The van der Waals surface area contributed by atoms with Gasteiger partial charge in [0.25, 0.3) is 0 Å². The molecule has 0 aromatic rings. The molecule has 0 amide bonds. The van der Waals surface area contributed by atoms with Gasteiger partial charge in [-0.05, 0) is 5.41 Å². The van der Waals surface area contributed by atoms with E-state index < -0.39 is 0 Å². The van der Waals surface area contributed by atoms with Crippen LogP contribution >= 0.6 is 28.6 Å². The van der Waals surface area contributed by atoms with E-state index in [1.54, 1.807) is 5.41 Å². The molecule has 0 aliphatic heterocycles. The SMILES string of the molecule is CN/C(=C\S)CBr. The van der Waals surface area contributed by atoms with Gasteiger partial charge < -0.3 is 5.32 Å². The molecular weight excluding hydrogens is 174 g/mol. The van der Waals surface area contributed by atoms with Crippen LogP contribution in [-0.4, -0.2) is 12.4 Å². The highest BCUT2D eigenvalue weighted by Gasteiger charge is 1.82. The first-order valence-corrected chi connectivity index (χ1v) is 3.56. The van der Waals surface area contributed by atoms with Crippen molar-refractivity contribution in [2.45, 2.75) is 0 Å². The van der Waals surface area contributed by atoms with E-state index in [0.717, 1.165) is 11.0 Å². The third-order valence-corrected chi connectivity index (χ3v) is 1.54.